The number of rotatable bonds is 5. The third kappa shape index (κ3) is 4.47. The number of halogens is 4. The molecule has 0 bridgehead atoms. The number of benzene rings is 1. The highest BCUT2D eigenvalue weighted by Crippen LogP contribution is 2.39. The molecule has 1 aliphatic carbocycles. The Labute approximate surface area is 129 Å². The van der Waals surface area contributed by atoms with Crippen LogP contribution in [0.5, 0.6) is 0 Å². The average Bonchev–Trinajstić information content (AvgIpc) is 2.47. The lowest BCUT2D eigenvalue weighted by molar-refractivity contribution is -0.140. The maximum atomic E-state index is 13.7. The van der Waals surface area contributed by atoms with E-state index in [1.54, 1.807) is 0 Å². The molecule has 0 aromatic heterocycles. The van der Waals surface area contributed by atoms with Gasteiger partial charge in [-0.3, -0.25) is 0 Å². The van der Waals surface area contributed by atoms with Crippen LogP contribution in [-0.4, -0.2) is 0 Å². The topological polar surface area (TPSA) is 0 Å². The van der Waals surface area contributed by atoms with Gasteiger partial charge < -0.3 is 0 Å². The molecule has 1 saturated carbocycles. The Morgan fingerprint density at radius 2 is 1.73 bits per heavy atom. The van der Waals surface area contributed by atoms with E-state index in [-0.39, 0.29) is 5.92 Å². The lowest BCUT2D eigenvalue weighted by atomic mass is 9.77. The van der Waals surface area contributed by atoms with Gasteiger partial charge in [0.25, 0.3) is 0 Å². The second-order valence-electron chi connectivity index (χ2n) is 6.45. The summed E-state index contributed by atoms with van der Waals surface area (Å²) in [6.07, 6.45) is 4.53. The van der Waals surface area contributed by atoms with Crippen LogP contribution in [0.1, 0.15) is 75.3 Å². The molecule has 0 amide bonds. The molecule has 0 N–H and O–H groups in total. The number of hydrogen-bond acceptors (Lipinski definition) is 0. The Kier molecular flexibility index (Phi) is 5.87. The van der Waals surface area contributed by atoms with Crippen LogP contribution in [0.25, 0.3) is 0 Å². The van der Waals surface area contributed by atoms with E-state index in [1.165, 1.54) is 31.7 Å². The zero-order chi connectivity index (χ0) is 16.2. The molecular formula is C18H24F4. The molecule has 0 heterocycles. The summed E-state index contributed by atoms with van der Waals surface area (Å²) in [5, 5.41) is 0. The highest BCUT2D eigenvalue weighted by atomic mass is 19.4. The first-order valence-corrected chi connectivity index (χ1v) is 8.28. The molecule has 0 unspecified atom stereocenters. The fourth-order valence-corrected chi connectivity index (χ4v) is 3.48. The van der Waals surface area contributed by atoms with E-state index in [1.807, 2.05) is 0 Å². The van der Waals surface area contributed by atoms with E-state index in [0.29, 0.717) is 0 Å². The van der Waals surface area contributed by atoms with Crippen molar-refractivity contribution in [2.24, 2.45) is 5.92 Å². The molecular weight excluding hydrogens is 292 g/mol. The predicted molar refractivity (Wildman–Crippen MR) is 80.2 cm³/mol. The summed E-state index contributed by atoms with van der Waals surface area (Å²) in [7, 11) is 0. The van der Waals surface area contributed by atoms with Crippen molar-refractivity contribution in [2.75, 3.05) is 0 Å². The Bertz CT molecular complexity index is 470. The second-order valence-corrected chi connectivity index (χ2v) is 6.45. The van der Waals surface area contributed by atoms with Crippen LogP contribution in [0.3, 0.4) is 0 Å². The molecule has 124 valence electrons. The molecule has 1 fully saturated rings. The monoisotopic (exact) mass is 316 g/mol. The summed E-state index contributed by atoms with van der Waals surface area (Å²) in [4.78, 5) is 0. The van der Waals surface area contributed by atoms with Crippen molar-refractivity contribution < 1.29 is 17.6 Å². The largest absolute Gasteiger partial charge is 0.419 e. The molecule has 2 rings (SSSR count). The van der Waals surface area contributed by atoms with Gasteiger partial charge in [-0.05, 0) is 55.2 Å². The van der Waals surface area contributed by atoms with Gasteiger partial charge >= 0.3 is 6.18 Å². The zero-order valence-corrected chi connectivity index (χ0v) is 13.1. The Balaban J connectivity index is 1.93. The van der Waals surface area contributed by atoms with Gasteiger partial charge in [-0.25, -0.2) is 4.39 Å². The van der Waals surface area contributed by atoms with Crippen molar-refractivity contribution in [1.82, 2.24) is 0 Å². The summed E-state index contributed by atoms with van der Waals surface area (Å²) < 4.78 is 51.4. The van der Waals surface area contributed by atoms with E-state index in [2.05, 4.69) is 6.92 Å². The quantitative estimate of drug-likeness (QED) is 0.419. The van der Waals surface area contributed by atoms with Crippen LogP contribution in [0.4, 0.5) is 17.6 Å². The van der Waals surface area contributed by atoms with Gasteiger partial charge in [0, 0.05) is 0 Å². The molecule has 22 heavy (non-hydrogen) atoms. The molecule has 0 nitrogen and oxygen atoms in total. The van der Waals surface area contributed by atoms with Crippen molar-refractivity contribution in [3.05, 3.63) is 35.1 Å². The van der Waals surface area contributed by atoms with Gasteiger partial charge in [0.05, 0.1) is 5.56 Å². The lowest BCUT2D eigenvalue weighted by Crippen LogP contribution is -2.14. The second kappa shape index (κ2) is 7.47. The molecule has 0 radical (unpaired) electrons. The minimum absolute atomic E-state index is 0.208. The summed E-state index contributed by atoms with van der Waals surface area (Å²) in [6, 6.07) is 3.43. The fourth-order valence-electron chi connectivity index (χ4n) is 3.48. The zero-order valence-electron chi connectivity index (χ0n) is 13.1. The van der Waals surface area contributed by atoms with Gasteiger partial charge in [0.15, 0.2) is 0 Å². The number of alkyl halides is 3. The molecule has 1 aromatic rings. The maximum Gasteiger partial charge on any atom is 0.419 e. The summed E-state index contributed by atoms with van der Waals surface area (Å²) in [6.45, 7) is 2.19. The normalized spacial score (nSPS) is 22.8. The van der Waals surface area contributed by atoms with Crippen molar-refractivity contribution >= 4 is 0 Å². The van der Waals surface area contributed by atoms with Gasteiger partial charge in [-0.15, -0.1) is 0 Å². The summed E-state index contributed by atoms with van der Waals surface area (Å²) in [5.41, 5.74) is -0.443. The van der Waals surface area contributed by atoms with Crippen molar-refractivity contribution in [2.45, 2.75) is 70.4 Å². The van der Waals surface area contributed by atoms with Crippen molar-refractivity contribution in [3.8, 4) is 0 Å². The molecule has 4 heteroatoms. The van der Waals surface area contributed by atoms with E-state index >= 15 is 0 Å². The molecule has 0 aliphatic heterocycles. The summed E-state index contributed by atoms with van der Waals surface area (Å²) in [5.74, 6) is -0.198. The highest BCUT2D eigenvalue weighted by molar-refractivity contribution is 5.29. The minimum Gasteiger partial charge on any atom is -0.206 e. The van der Waals surface area contributed by atoms with E-state index in [4.69, 9.17) is 0 Å². The Morgan fingerprint density at radius 3 is 2.27 bits per heavy atom. The standard InChI is InChI=1S/C18H24F4/c1-2-3-4-5-13-6-8-14(9-7-13)15-10-11-16(17(19)12-15)18(20,21)22/h10-14H,2-9H2,1H3/t13-,14-. The molecule has 0 spiro atoms. The molecule has 0 atom stereocenters. The smallest absolute Gasteiger partial charge is 0.206 e. The number of unbranched alkanes of at least 4 members (excludes halogenated alkanes) is 2. The number of hydrogen-bond donors (Lipinski definition) is 0. The lowest BCUT2D eigenvalue weighted by Gasteiger charge is -2.29. The first-order valence-electron chi connectivity index (χ1n) is 8.28. The maximum absolute atomic E-state index is 13.7. The SMILES string of the molecule is CCCCC[C@H]1CC[C@H](c2ccc(C(F)(F)F)c(F)c2)CC1. The highest BCUT2D eigenvalue weighted by Gasteiger charge is 2.34. The van der Waals surface area contributed by atoms with Gasteiger partial charge in [0.1, 0.15) is 5.82 Å². The summed E-state index contributed by atoms with van der Waals surface area (Å²) >= 11 is 0. The first-order chi connectivity index (χ1) is 10.4. The van der Waals surface area contributed by atoms with E-state index < -0.39 is 17.6 Å². The van der Waals surface area contributed by atoms with E-state index in [0.717, 1.165) is 49.3 Å². The van der Waals surface area contributed by atoms with Crippen LogP contribution < -0.4 is 0 Å². The van der Waals surface area contributed by atoms with Crippen LogP contribution >= 0.6 is 0 Å². The Hall–Kier alpha value is -1.06. The van der Waals surface area contributed by atoms with Gasteiger partial charge in [-0.2, -0.15) is 13.2 Å². The predicted octanol–water partition coefficient (Wildman–Crippen LogP) is 6.70. The molecule has 1 aromatic carbocycles. The van der Waals surface area contributed by atoms with Crippen LogP contribution in [0, 0.1) is 11.7 Å². The third-order valence-corrected chi connectivity index (χ3v) is 4.83. The van der Waals surface area contributed by atoms with Crippen LogP contribution in [0.2, 0.25) is 0 Å². The van der Waals surface area contributed by atoms with Gasteiger partial charge in [-0.1, -0.05) is 38.7 Å². The van der Waals surface area contributed by atoms with Crippen molar-refractivity contribution in [1.29, 1.82) is 0 Å². The van der Waals surface area contributed by atoms with E-state index in [9.17, 15) is 17.6 Å². The Morgan fingerprint density at radius 1 is 1.05 bits per heavy atom. The minimum atomic E-state index is -4.61. The van der Waals surface area contributed by atoms with Crippen LogP contribution in [-0.2, 0) is 6.18 Å². The fraction of sp³-hybridized carbons (Fsp3) is 0.667. The van der Waals surface area contributed by atoms with Crippen molar-refractivity contribution in [3.63, 3.8) is 0 Å². The van der Waals surface area contributed by atoms with Crippen LogP contribution in [0.15, 0.2) is 18.2 Å². The first kappa shape index (κ1) is 17.3. The average molecular weight is 316 g/mol. The van der Waals surface area contributed by atoms with Gasteiger partial charge in [0.2, 0.25) is 0 Å². The third-order valence-electron chi connectivity index (χ3n) is 4.83. The molecule has 1 aliphatic rings. The molecule has 0 saturated heterocycles.